The number of pyridine rings is 3. The van der Waals surface area contributed by atoms with E-state index in [2.05, 4.69) is 9.79 Å². The Kier molecular flexibility index (Phi) is 6.34. The molecule has 172 valence electrons. The molecule has 0 amide bonds. The monoisotopic (exact) mass is 635 g/mol. The fraction of sp³-hybridized carbons (Fsp3) is 0. The number of anilines is 2. The summed E-state index contributed by atoms with van der Waals surface area (Å²) in [6.45, 7) is -0.453. The summed E-state index contributed by atoms with van der Waals surface area (Å²) in [5.41, 5.74) is 5.66. The molecule has 6 rings (SSSR count). The van der Waals surface area contributed by atoms with Gasteiger partial charge in [-0.1, -0.05) is 54.2 Å². The van der Waals surface area contributed by atoms with Crippen molar-refractivity contribution in [2.75, 3.05) is 4.81 Å². The summed E-state index contributed by atoms with van der Waals surface area (Å²) in [6, 6.07) is 30.9. The Morgan fingerprint density at radius 1 is 0.686 bits per heavy atom. The number of phenolic OH excluding ortho intramolecular Hbond substituents is 1. The second-order valence-corrected chi connectivity index (χ2v) is 7.92. The smallest absolute Gasteiger partial charge is 0.196 e. The number of benzene rings is 2. The van der Waals surface area contributed by atoms with Crippen LogP contribution in [-0.2, 0) is 21.1 Å². The van der Waals surface area contributed by atoms with Crippen molar-refractivity contribution in [3.8, 4) is 28.4 Å². The average molecular weight is 635 g/mol. The van der Waals surface area contributed by atoms with Gasteiger partial charge in [-0.15, -0.1) is 0 Å². The topological polar surface area (TPSA) is 76.2 Å². The van der Waals surface area contributed by atoms with Crippen molar-refractivity contribution < 1.29 is 26.2 Å². The van der Waals surface area contributed by atoms with Crippen LogP contribution in [0.4, 0.5) is 17.2 Å². The zero-order chi connectivity index (χ0) is 22.9. The molecule has 1 N–H and O–H groups in total. The average Bonchev–Trinajstić information content (AvgIpc) is 3.29. The Bertz CT molecular complexity index is 1470. The van der Waals surface area contributed by atoms with Crippen LogP contribution in [0.25, 0.3) is 27.9 Å². The number of hydrogen-bond acceptors (Lipinski definition) is 5. The summed E-state index contributed by atoms with van der Waals surface area (Å²) < 4.78 is 0. The quantitative estimate of drug-likeness (QED) is 0.266. The van der Waals surface area contributed by atoms with Crippen LogP contribution in [0.15, 0.2) is 109 Å². The van der Waals surface area contributed by atoms with E-state index in [-0.39, 0.29) is 26.8 Å². The van der Waals surface area contributed by atoms with Crippen LogP contribution in [0.1, 0.15) is 0 Å². The molecule has 8 heteroatoms. The molecular formula is C27H19BN5OPt-. The van der Waals surface area contributed by atoms with E-state index in [1.807, 2.05) is 91.0 Å². The minimum absolute atomic E-state index is 0. The number of phenols is 1. The largest absolute Gasteiger partial charge is 0.681 e. The van der Waals surface area contributed by atoms with Gasteiger partial charge in [0.15, 0.2) is 6.98 Å². The molecule has 0 bridgehead atoms. The summed E-state index contributed by atoms with van der Waals surface area (Å²) in [5.74, 6) is 0.920. The zero-order valence-corrected chi connectivity index (χ0v) is 20.7. The SMILES string of the molecule is Oc1ccccc1B1[N-]c2c(-c3cccc(-c4ccccn4)n3)ccnc2N1c1ccccc1.[Pt]. The van der Waals surface area contributed by atoms with Gasteiger partial charge in [0, 0.05) is 39.1 Å². The first-order valence-electron chi connectivity index (χ1n) is 11.0. The fourth-order valence-electron chi connectivity index (χ4n) is 4.26. The molecule has 0 fully saturated rings. The molecule has 2 aromatic carbocycles. The van der Waals surface area contributed by atoms with Gasteiger partial charge in [-0.05, 0) is 59.6 Å². The fourth-order valence-corrected chi connectivity index (χ4v) is 4.26. The van der Waals surface area contributed by atoms with Crippen LogP contribution in [0, 0.1) is 0 Å². The van der Waals surface area contributed by atoms with Gasteiger partial charge < -0.3 is 15.1 Å². The van der Waals surface area contributed by atoms with Crippen molar-refractivity contribution in [1.82, 2.24) is 15.0 Å². The molecule has 3 aromatic heterocycles. The first-order valence-corrected chi connectivity index (χ1v) is 11.0. The molecule has 0 saturated carbocycles. The van der Waals surface area contributed by atoms with E-state index in [1.165, 1.54) is 0 Å². The summed E-state index contributed by atoms with van der Waals surface area (Å²) in [6.07, 6.45) is 3.54. The third-order valence-corrected chi connectivity index (χ3v) is 5.83. The maximum absolute atomic E-state index is 10.6. The molecular weight excluding hydrogens is 616 g/mol. The first kappa shape index (κ1) is 22.8. The Morgan fingerprint density at radius 2 is 1.43 bits per heavy atom. The molecule has 35 heavy (non-hydrogen) atoms. The number of rotatable bonds is 4. The van der Waals surface area contributed by atoms with Crippen LogP contribution in [0.3, 0.4) is 0 Å². The summed E-state index contributed by atoms with van der Waals surface area (Å²) in [7, 11) is 0. The molecule has 5 aromatic rings. The van der Waals surface area contributed by atoms with Gasteiger partial charge in [0.05, 0.1) is 17.1 Å². The minimum atomic E-state index is -0.453. The van der Waals surface area contributed by atoms with E-state index in [4.69, 9.17) is 15.2 Å². The van der Waals surface area contributed by atoms with E-state index in [9.17, 15) is 5.11 Å². The molecule has 1 aliphatic heterocycles. The summed E-state index contributed by atoms with van der Waals surface area (Å²) in [5, 5.41) is 15.7. The van der Waals surface area contributed by atoms with E-state index in [0.717, 1.165) is 39.8 Å². The third kappa shape index (κ3) is 4.20. The van der Waals surface area contributed by atoms with Gasteiger partial charge in [-0.3, -0.25) is 4.98 Å². The predicted molar refractivity (Wildman–Crippen MR) is 136 cm³/mol. The van der Waals surface area contributed by atoms with E-state index >= 15 is 0 Å². The maximum Gasteiger partial charge on any atom is 0.196 e. The summed E-state index contributed by atoms with van der Waals surface area (Å²) >= 11 is 0. The number of aromatic hydroxyl groups is 1. The van der Waals surface area contributed by atoms with Crippen LogP contribution >= 0.6 is 0 Å². The molecule has 0 unspecified atom stereocenters. The van der Waals surface area contributed by atoms with E-state index in [0.29, 0.717) is 5.46 Å². The van der Waals surface area contributed by atoms with Gasteiger partial charge in [-0.2, -0.15) is 0 Å². The van der Waals surface area contributed by atoms with Gasteiger partial charge in [0.2, 0.25) is 0 Å². The van der Waals surface area contributed by atoms with Crippen molar-refractivity contribution >= 4 is 29.6 Å². The molecule has 1 aliphatic rings. The summed E-state index contributed by atoms with van der Waals surface area (Å²) in [4.78, 5) is 16.1. The van der Waals surface area contributed by atoms with E-state index < -0.39 is 6.98 Å². The number of nitrogens with zero attached hydrogens (tertiary/aromatic N) is 5. The Hall–Kier alpha value is -3.96. The van der Waals surface area contributed by atoms with Crippen molar-refractivity contribution in [1.29, 1.82) is 0 Å². The number of aromatic nitrogens is 3. The van der Waals surface area contributed by atoms with Crippen molar-refractivity contribution in [3.05, 3.63) is 115 Å². The van der Waals surface area contributed by atoms with Gasteiger partial charge in [-0.25, -0.2) is 9.97 Å². The molecule has 0 atom stereocenters. The first-order chi connectivity index (χ1) is 16.8. The second-order valence-electron chi connectivity index (χ2n) is 7.92. The van der Waals surface area contributed by atoms with Gasteiger partial charge >= 0.3 is 0 Å². The number of fused-ring (bicyclic) bond motifs is 1. The molecule has 0 radical (unpaired) electrons. The Labute approximate surface area is 218 Å². The van der Waals surface area contributed by atoms with Crippen molar-refractivity contribution in [2.45, 2.75) is 0 Å². The van der Waals surface area contributed by atoms with Gasteiger partial charge in [0.25, 0.3) is 0 Å². The maximum atomic E-state index is 10.6. The van der Waals surface area contributed by atoms with Gasteiger partial charge in [0.1, 0.15) is 11.6 Å². The zero-order valence-electron chi connectivity index (χ0n) is 18.5. The molecule has 4 heterocycles. The molecule has 0 saturated heterocycles. The minimum Gasteiger partial charge on any atom is -0.681 e. The van der Waals surface area contributed by atoms with Crippen molar-refractivity contribution in [2.24, 2.45) is 0 Å². The van der Waals surface area contributed by atoms with Crippen LogP contribution in [-0.4, -0.2) is 27.0 Å². The molecule has 0 aliphatic carbocycles. The van der Waals surface area contributed by atoms with Crippen LogP contribution in [0.2, 0.25) is 0 Å². The number of hydrogen-bond donors (Lipinski definition) is 1. The standard InChI is InChI=1S/C27H19BN5O.Pt/c34-25-15-5-4-11-21(25)28-32-26-20(16-18-30-27(26)33(28)19-9-2-1-3-10-19)22-13-8-14-24(31-22)23-12-6-7-17-29-23;/h1-18H,(H-,31,32,34);/q-1;. The molecule has 6 nitrogen and oxygen atoms in total. The molecule has 0 spiro atoms. The number of para-hydroxylation sites is 2. The Balaban J connectivity index is 0.00000253. The normalized spacial score (nSPS) is 12.0. The van der Waals surface area contributed by atoms with Crippen LogP contribution in [0.5, 0.6) is 5.75 Å². The third-order valence-electron chi connectivity index (χ3n) is 5.83. The second kappa shape index (κ2) is 9.73. The predicted octanol–water partition coefficient (Wildman–Crippen LogP) is 5.46. The van der Waals surface area contributed by atoms with Crippen molar-refractivity contribution in [3.63, 3.8) is 0 Å². The van der Waals surface area contributed by atoms with Crippen LogP contribution < -0.4 is 10.3 Å². The van der Waals surface area contributed by atoms with E-state index in [1.54, 1.807) is 18.5 Å². The Morgan fingerprint density at radius 3 is 2.23 bits per heavy atom.